The van der Waals surface area contributed by atoms with E-state index in [0.717, 1.165) is 28.2 Å². The van der Waals surface area contributed by atoms with Crippen molar-refractivity contribution in [3.05, 3.63) is 88.7 Å². The van der Waals surface area contributed by atoms with Crippen molar-refractivity contribution in [2.24, 2.45) is 0 Å². The molecule has 4 aromatic rings. The first kappa shape index (κ1) is 21.6. The highest BCUT2D eigenvalue weighted by atomic mass is 16.5. The standard InChI is InChI=1S/C26H24N4O4/c1-15(31)22-16(2)34-26-24(23(22)18-7-11-20(33-4)12-8-18)25-28-21(29-30(25)14-27-26)13-17-5-9-19(32-3)10-6-17/h5-12,14,23H,13H2,1-4H3. The molecule has 2 aromatic carbocycles. The molecule has 172 valence electrons. The third-order valence-electron chi connectivity index (χ3n) is 5.99. The molecule has 0 spiro atoms. The number of benzene rings is 2. The van der Waals surface area contributed by atoms with Gasteiger partial charge in [0.15, 0.2) is 17.3 Å². The highest BCUT2D eigenvalue weighted by Gasteiger charge is 2.36. The number of hydrogen-bond acceptors (Lipinski definition) is 7. The molecule has 5 rings (SSSR count). The van der Waals surface area contributed by atoms with Crippen molar-refractivity contribution in [3.63, 3.8) is 0 Å². The maximum atomic E-state index is 12.7. The molecule has 1 atom stereocenters. The maximum absolute atomic E-state index is 12.7. The third kappa shape index (κ3) is 3.77. The van der Waals surface area contributed by atoms with Gasteiger partial charge in [-0.1, -0.05) is 24.3 Å². The van der Waals surface area contributed by atoms with E-state index in [2.05, 4.69) is 10.1 Å². The van der Waals surface area contributed by atoms with E-state index in [4.69, 9.17) is 19.2 Å². The van der Waals surface area contributed by atoms with Gasteiger partial charge in [-0.05, 0) is 49.2 Å². The lowest BCUT2D eigenvalue weighted by atomic mass is 9.82. The summed E-state index contributed by atoms with van der Waals surface area (Å²) in [5.74, 6) is 2.69. The summed E-state index contributed by atoms with van der Waals surface area (Å²) in [5.41, 5.74) is 3.89. The number of nitrogens with zero attached hydrogens (tertiary/aromatic N) is 4. The van der Waals surface area contributed by atoms with Crippen molar-refractivity contribution in [1.29, 1.82) is 0 Å². The highest BCUT2D eigenvalue weighted by molar-refractivity contribution is 5.97. The van der Waals surface area contributed by atoms with Gasteiger partial charge in [0.05, 0.1) is 19.8 Å². The lowest BCUT2D eigenvalue weighted by Gasteiger charge is -2.28. The van der Waals surface area contributed by atoms with Crippen LogP contribution in [0.3, 0.4) is 0 Å². The minimum absolute atomic E-state index is 0.0658. The topological polar surface area (TPSA) is 87.8 Å². The van der Waals surface area contributed by atoms with Crippen LogP contribution < -0.4 is 14.2 Å². The summed E-state index contributed by atoms with van der Waals surface area (Å²) in [7, 11) is 3.26. The van der Waals surface area contributed by atoms with Crippen LogP contribution in [0.4, 0.5) is 0 Å². The Morgan fingerprint density at radius 2 is 1.68 bits per heavy atom. The first-order valence-corrected chi connectivity index (χ1v) is 10.9. The average molecular weight is 457 g/mol. The molecule has 1 aliphatic rings. The molecule has 0 radical (unpaired) electrons. The van der Waals surface area contributed by atoms with Gasteiger partial charge in [-0.3, -0.25) is 4.79 Å². The zero-order valence-electron chi connectivity index (χ0n) is 19.4. The van der Waals surface area contributed by atoms with E-state index in [-0.39, 0.29) is 11.7 Å². The molecule has 0 amide bonds. The molecular formula is C26H24N4O4. The first-order valence-electron chi connectivity index (χ1n) is 10.9. The number of ether oxygens (including phenoxy) is 3. The Balaban J connectivity index is 1.63. The van der Waals surface area contributed by atoms with E-state index < -0.39 is 0 Å². The highest BCUT2D eigenvalue weighted by Crippen LogP contribution is 2.44. The molecule has 0 saturated heterocycles. The SMILES string of the molecule is COc1ccc(Cc2nc3c4c(ncn3n2)OC(C)=C(C(C)=O)C4c2ccc(OC)cc2)cc1. The third-order valence-corrected chi connectivity index (χ3v) is 5.99. The van der Waals surface area contributed by atoms with Crippen LogP contribution in [0.15, 0.2) is 66.2 Å². The lowest BCUT2D eigenvalue weighted by Crippen LogP contribution is -2.22. The van der Waals surface area contributed by atoms with Crippen LogP contribution in [-0.2, 0) is 11.2 Å². The first-order chi connectivity index (χ1) is 16.5. The molecule has 0 N–H and O–H groups in total. The van der Waals surface area contributed by atoms with Gasteiger partial charge in [0.1, 0.15) is 23.6 Å². The fraction of sp³-hybridized carbons (Fsp3) is 0.231. The Morgan fingerprint density at radius 3 is 2.29 bits per heavy atom. The predicted molar refractivity (Wildman–Crippen MR) is 125 cm³/mol. The molecule has 3 heterocycles. The van der Waals surface area contributed by atoms with E-state index in [1.807, 2.05) is 48.5 Å². The van der Waals surface area contributed by atoms with Gasteiger partial charge in [-0.15, -0.1) is 5.10 Å². The van der Waals surface area contributed by atoms with Crippen LogP contribution in [-0.4, -0.2) is 39.6 Å². The summed E-state index contributed by atoms with van der Waals surface area (Å²) in [6.07, 6.45) is 2.14. The Kier molecular flexibility index (Phi) is 5.49. The van der Waals surface area contributed by atoms with E-state index >= 15 is 0 Å². The summed E-state index contributed by atoms with van der Waals surface area (Å²) in [6, 6.07) is 15.5. The molecule has 2 aromatic heterocycles. The Labute approximate surface area is 196 Å². The van der Waals surface area contributed by atoms with Gasteiger partial charge in [0.2, 0.25) is 5.88 Å². The Hall–Kier alpha value is -4.20. The van der Waals surface area contributed by atoms with Crippen molar-refractivity contribution >= 4 is 11.4 Å². The largest absolute Gasteiger partial charge is 0.497 e. The number of fused-ring (bicyclic) bond motifs is 3. The molecule has 8 nitrogen and oxygen atoms in total. The predicted octanol–water partition coefficient (Wildman–Crippen LogP) is 4.12. The molecule has 0 fully saturated rings. The van der Waals surface area contributed by atoms with Gasteiger partial charge in [-0.25, -0.2) is 14.5 Å². The number of carbonyl (C=O) groups excluding carboxylic acids is 1. The van der Waals surface area contributed by atoms with Crippen LogP contribution in [0.2, 0.25) is 0 Å². The monoisotopic (exact) mass is 456 g/mol. The number of hydrogen-bond donors (Lipinski definition) is 0. The van der Waals surface area contributed by atoms with Gasteiger partial charge in [0.25, 0.3) is 0 Å². The second kappa shape index (κ2) is 8.62. The second-order valence-electron chi connectivity index (χ2n) is 8.12. The van der Waals surface area contributed by atoms with E-state index in [0.29, 0.717) is 35.1 Å². The van der Waals surface area contributed by atoms with Crippen LogP contribution >= 0.6 is 0 Å². The molecule has 1 unspecified atom stereocenters. The lowest BCUT2D eigenvalue weighted by molar-refractivity contribution is -0.114. The number of Topliss-reactive ketones (excluding diaryl/α,β-unsaturated/α-hetero) is 1. The summed E-state index contributed by atoms with van der Waals surface area (Å²) >= 11 is 0. The quantitative estimate of drug-likeness (QED) is 0.431. The van der Waals surface area contributed by atoms with E-state index in [1.54, 1.807) is 38.9 Å². The van der Waals surface area contributed by atoms with Gasteiger partial charge in [-0.2, -0.15) is 0 Å². The fourth-order valence-electron chi connectivity index (χ4n) is 4.37. The van der Waals surface area contributed by atoms with Crippen LogP contribution in [0.25, 0.3) is 5.65 Å². The molecule has 0 aliphatic carbocycles. The number of aromatic nitrogens is 4. The summed E-state index contributed by atoms with van der Waals surface area (Å²) in [4.78, 5) is 22.1. The van der Waals surface area contributed by atoms with Gasteiger partial charge in [0, 0.05) is 17.9 Å². The smallest absolute Gasteiger partial charge is 0.228 e. The van der Waals surface area contributed by atoms with Crippen LogP contribution in [0, 0.1) is 0 Å². The normalized spacial score (nSPS) is 15.1. The molecule has 34 heavy (non-hydrogen) atoms. The maximum Gasteiger partial charge on any atom is 0.228 e. The summed E-state index contributed by atoms with van der Waals surface area (Å²) in [6.45, 7) is 3.34. The van der Waals surface area contributed by atoms with Crippen molar-refractivity contribution in [1.82, 2.24) is 19.6 Å². The summed E-state index contributed by atoms with van der Waals surface area (Å²) in [5, 5.41) is 4.64. The molecule has 0 saturated carbocycles. The van der Waals surface area contributed by atoms with Crippen molar-refractivity contribution in [2.75, 3.05) is 14.2 Å². The number of methoxy groups -OCH3 is 2. The van der Waals surface area contributed by atoms with Gasteiger partial charge < -0.3 is 14.2 Å². The number of carbonyl (C=O) groups is 1. The number of rotatable bonds is 6. The average Bonchev–Trinajstić information content (AvgIpc) is 3.26. The molecular weight excluding hydrogens is 432 g/mol. The fourth-order valence-corrected chi connectivity index (χ4v) is 4.37. The van der Waals surface area contributed by atoms with E-state index in [9.17, 15) is 4.79 Å². The number of ketones is 1. The van der Waals surface area contributed by atoms with E-state index in [1.165, 1.54) is 0 Å². The molecule has 0 bridgehead atoms. The molecule has 1 aliphatic heterocycles. The number of allylic oxidation sites excluding steroid dienone is 2. The van der Waals surface area contributed by atoms with Gasteiger partial charge >= 0.3 is 0 Å². The zero-order chi connectivity index (χ0) is 23.8. The summed E-state index contributed by atoms with van der Waals surface area (Å²) < 4.78 is 18.2. The van der Waals surface area contributed by atoms with Crippen molar-refractivity contribution in [2.45, 2.75) is 26.2 Å². The Bertz CT molecular complexity index is 1410. The van der Waals surface area contributed by atoms with Crippen molar-refractivity contribution < 1.29 is 19.0 Å². The minimum Gasteiger partial charge on any atom is -0.497 e. The second-order valence-corrected chi connectivity index (χ2v) is 8.12. The van der Waals surface area contributed by atoms with Crippen LogP contribution in [0.5, 0.6) is 17.4 Å². The zero-order valence-corrected chi connectivity index (χ0v) is 19.4. The van der Waals surface area contributed by atoms with Crippen LogP contribution in [0.1, 0.15) is 42.3 Å². The molecule has 8 heteroatoms. The Morgan fingerprint density at radius 1 is 1.03 bits per heavy atom. The minimum atomic E-state index is -0.388. The van der Waals surface area contributed by atoms with Crippen molar-refractivity contribution in [3.8, 4) is 17.4 Å².